The Balaban J connectivity index is 0. The van der Waals surface area contributed by atoms with Gasteiger partial charge in [-0.3, -0.25) is 4.79 Å². The van der Waals surface area contributed by atoms with E-state index in [1.165, 1.54) is 0 Å². The standard InChI is InChI=1S/C2H5O2P.H2O/c3-2(4)1-5;/h1,5H2,(H,3,4);1H2. The van der Waals surface area contributed by atoms with Gasteiger partial charge < -0.3 is 10.6 Å². The van der Waals surface area contributed by atoms with Crippen LogP contribution in [0, 0.1) is 0 Å². The summed E-state index contributed by atoms with van der Waals surface area (Å²) in [6, 6.07) is 0. The fourth-order valence-electron chi connectivity index (χ4n) is 0. The molecule has 0 spiro atoms. The van der Waals surface area contributed by atoms with E-state index in [0.717, 1.165) is 0 Å². The first kappa shape index (κ1) is 9.29. The molecular weight excluding hydrogens is 103 g/mol. The van der Waals surface area contributed by atoms with Crippen LogP contribution in [0.1, 0.15) is 0 Å². The molecule has 0 aliphatic carbocycles. The highest BCUT2D eigenvalue weighted by Crippen LogP contribution is 1.74. The van der Waals surface area contributed by atoms with E-state index < -0.39 is 5.97 Å². The first-order valence-corrected chi connectivity index (χ1v) is 2.01. The predicted molar refractivity (Wildman–Crippen MR) is 25.8 cm³/mol. The third kappa shape index (κ3) is 9.13. The van der Waals surface area contributed by atoms with Gasteiger partial charge in [-0.1, -0.05) is 0 Å². The van der Waals surface area contributed by atoms with Crippen LogP contribution >= 0.6 is 9.24 Å². The molecule has 0 radical (unpaired) electrons. The van der Waals surface area contributed by atoms with Gasteiger partial charge in [0.25, 0.3) is 0 Å². The molecule has 0 saturated carbocycles. The SMILES string of the molecule is O.O=C(O)CP. The first-order chi connectivity index (χ1) is 2.27. The van der Waals surface area contributed by atoms with Gasteiger partial charge >= 0.3 is 5.97 Å². The topological polar surface area (TPSA) is 68.8 Å². The monoisotopic (exact) mass is 110 g/mol. The predicted octanol–water partition coefficient (Wildman–Crippen LogP) is -0.879. The van der Waals surface area contributed by atoms with Crippen molar-refractivity contribution in [2.45, 2.75) is 0 Å². The number of aliphatic carboxylic acids is 1. The van der Waals surface area contributed by atoms with Gasteiger partial charge in [-0.15, -0.1) is 9.24 Å². The Kier molecular flexibility index (Phi) is 7.52. The summed E-state index contributed by atoms with van der Waals surface area (Å²) in [6.07, 6.45) is 0.139. The zero-order chi connectivity index (χ0) is 4.28. The van der Waals surface area contributed by atoms with Crippen LogP contribution in [0.15, 0.2) is 0 Å². The fourth-order valence-corrected chi connectivity index (χ4v) is 0. The fraction of sp³-hybridized carbons (Fsp3) is 0.500. The van der Waals surface area contributed by atoms with E-state index in [0.29, 0.717) is 0 Å². The number of carbonyl (C=O) groups is 1. The summed E-state index contributed by atoms with van der Waals surface area (Å²) < 4.78 is 0. The molecule has 3 N–H and O–H groups in total. The molecule has 0 aliphatic rings. The summed E-state index contributed by atoms with van der Waals surface area (Å²) in [5.41, 5.74) is 0. The summed E-state index contributed by atoms with van der Waals surface area (Å²) in [5, 5.41) is 7.70. The third-order valence-electron chi connectivity index (χ3n) is 0.175. The Morgan fingerprint density at radius 1 is 1.83 bits per heavy atom. The van der Waals surface area contributed by atoms with E-state index in [4.69, 9.17) is 5.11 Å². The van der Waals surface area contributed by atoms with Gasteiger partial charge in [0.2, 0.25) is 0 Å². The highest BCUT2D eigenvalue weighted by Gasteiger charge is 1.81. The van der Waals surface area contributed by atoms with Crippen molar-refractivity contribution in [3.8, 4) is 0 Å². The average molecular weight is 110 g/mol. The number of hydrogen-bond acceptors (Lipinski definition) is 1. The second kappa shape index (κ2) is 4.86. The largest absolute Gasteiger partial charge is 0.481 e. The lowest BCUT2D eigenvalue weighted by molar-refractivity contribution is -0.133. The van der Waals surface area contributed by atoms with E-state index in [-0.39, 0.29) is 11.6 Å². The normalized spacial score (nSPS) is 6.17. The van der Waals surface area contributed by atoms with E-state index in [2.05, 4.69) is 9.24 Å². The highest BCUT2D eigenvalue weighted by molar-refractivity contribution is 7.18. The molecule has 0 amide bonds. The minimum atomic E-state index is -0.782. The lowest BCUT2D eigenvalue weighted by Gasteiger charge is -1.72. The van der Waals surface area contributed by atoms with Gasteiger partial charge in [0.15, 0.2) is 0 Å². The summed E-state index contributed by atoms with van der Waals surface area (Å²) in [6.45, 7) is 0. The molecule has 0 aromatic carbocycles. The Morgan fingerprint density at radius 2 is 2.00 bits per heavy atom. The van der Waals surface area contributed by atoms with Crippen molar-refractivity contribution in [2.75, 3.05) is 6.16 Å². The van der Waals surface area contributed by atoms with Gasteiger partial charge in [0, 0.05) is 0 Å². The molecule has 0 aliphatic heterocycles. The second-order valence-corrected chi connectivity index (χ2v) is 1.01. The maximum Gasteiger partial charge on any atom is 0.307 e. The van der Waals surface area contributed by atoms with Crippen LogP contribution in [-0.4, -0.2) is 22.7 Å². The lowest BCUT2D eigenvalue weighted by atomic mass is 10.8. The van der Waals surface area contributed by atoms with Gasteiger partial charge in [-0.05, 0) is 0 Å². The van der Waals surface area contributed by atoms with E-state index >= 15 is 0 Å². The van der Waals surface area contributed by atoms with Crippen LogP contribution in [0.2, 0.25) is 0 Å². The minimum absolute atomic E-state index is 0. The molecule has 6 heavy (non-hydrogen) atoms. The van der Waals surface area contributed by atoms with Crippen LogP contribution in [-0.2, 0) is 4.79 Å². The molecule has 0 fully saturated rings. The first-order valence-electron chi connectivity index (χ1n) is 1.19. The molecule has 4 heteroatoms. The van der Waals surface area contributed by atoms with Crippen LogP contribution < -0.4 is 0 Å². The zero-order valence-corrected chi connectivity index (χ0v) is 4.29. The molecule has 3 nitrogen and oxygen atoms in total. The van der Waals surface area contributed by atoms with Crippen molar-refractivity contribution in [3.63, 3.8) is 0 Å². The van der Waals surface area contributed by atoms with Crippen LogP contribution in [0.3, 0.4) is 0 Å². The third-order valence-corrected chi connectivity index (χ3v) is 0.524. The van der Waals surface area contributed by atoms with E-state index in [1.54, 1.807) is 0 Å². The summed E-state index contributed by atoms with van der Waals surface area (Å²) >= 11 is 0. The second-order valence-electron chi connectivity index (χ2n) is 0.598. The van der Waals surface area contributed by atoms with Gasteiger partial charge in [-0.25, -0.2) is 0 Å². The Labute approximate surface area is 37.9 Å². The van der Waals surface area contributed by atoms with Crippen molar-refractivity contribution in [1.82, 2.24) is 0 Å². The van der Waals surface area contributed by atoms with Crippen LogP contribution in [0.25, 0.3) is 0 Å². The van der Waals surface area contributed by atoms with Crippen molar-refractivity contribution in [2.24, 2.45) is 0 Å². The Hall–Kier alpha value is -0.140. The highest BCUT2D eigenvalue weighted by atomic mass is 31.0. The molecule has 0 aromatic rings. The number of carboxylic acids is 1. The molecular formula is C2H7O3P. The van der Waals surface area contributed by atoms with Crippen LogP contribution in [0.5, 0.6) is 0 Å². The van der Waals surface area contributed by atoms with E-state index in [1.807, 2.05) is 0 Å². The zero-order valence-electron chi connectivity index (χ0n) is 3.14. The van der Waals surface area contributed by atoms with Crippen molar-refractivity contribution < 1.29 is 15.4 Å². The molecule has 1 unspecified atom stereocenters. The number of hydrogen-bond donors (Lipinski definition) is 1. The summed E-state index contributed by atoms with van der Waals surface area (Å²) in [4.78, 5) is 9.35. The van der Waals surface area contributed by atoms with Crippen LogP contribution in [0.4, 0.5) is 0 Å². The smallest absolute Gasteiger partial charge is 0.307 e. The van der Waals surface area contributed by atoms with Gasteiger partial charge in [0.1, 0.15) is 0 Å². The van der Waals surface area contributed by atoms with Gasteiger partial charge in [-0.2, -0.15) is 0 Å². The van der Waals surface area contributed by atoms with Gasteiger partial charge in [0.05, 0.1) is 6.16 Å². The molecule has 0 rings (SSSR count). The molecule has 0 aromatic heterocycles. The Bertz CT molecular complexity index is 44.1. The maximum atomic E-state index is 9.35. The minimum Gasteiger partial charge on any atom is -0.481 e. The molecule has 0 saturated heterocycles. The van der Waals surface area contributed by atoms with Crippen molar-refractivity contribution in [1.29, 1.82) is 0 Å². The quantitative estimate of drug-likeness (QED) is 0.445. The maximum absolute atomic E-state index is 9.35. The summed E-state index contributed by atoms with van der Waals surface area (Å²) in [5.74, 6) is -0.782. The molecule has 1 atom stereocenters. The van der Waals surface area contributed by atoms with E-state index in [9.17, 15) is 4.79 Å². The Morgan fingerprint density at radius 3 is 2.00 bits per heavy atom. The molecule has 0 bridgehead atoms. The average Bonchev–Trinajstić information content (AvgIpc) is 1.38. The molecule has 0 heterocycles. The summed E-state index contributed by atoms with van der Waals surface area (Å²) in [7, 11) is 2.09. The molecule has 38 valence electrons. The number of rotatable bonds is 1. The lowest BCUT2D eigenvalue weighted by Crippen LogP contribution is -1.92. The van der Waals surface area contributed by atoms with Crippen molar-refractivity contribution in [3.05, 3.63) is 0 Å². The number of carboxylic acid groups (broad SMARTS) is 1. The van der Waals surface area contributed by atoms with Crippen molar-refractivity contribution >= 4 is 15.2 Å².